The molecule has 1 unspecified atom stereocenters. The Morgan fingerprint density at radius 3 is 2.79 bits per heavy atom. The van der Waals surface area contributed by atoms with Crippen LogP contribution in [0.4, 0.5) is 4.79 Å². The molecule has 0 saturated carbocycles. The van der Waals surface area contributed by atoms with Crippen LogP contribution in [0, 0.1) is 0 Å². The van der Waals surface area contributed by atoms with Crippen molar-refractivity contribution in [3.63, 3.8) is 0 Å². The van der Waals surface area contributed by atoms with Gasteiger partial charge in [0.15, 0.2) is 5.69 Å². The standard InChI is InChI=1S/C16H18N4O4/c21-15(22)14-10-20(18-17-14)13-7-4-8-19(9-13)16(23)24-11-12-5-2-1-3-6-12/h1-3,5-6,10,13H,4,7-9,11H2,(H,21,22). The molecule has 24 heavy (non-hydrogen) atoms. The normalized spacial score (nSPS) is 17.5. The number of aromatic carboxylic acids is 1. The summed E-state index contributed by atoms with van der Waals surface area (Å²) in [5.74, 6) is -1.11. The van der Waals surface area contributed by atoms with Crippen LogP contribution in [0.3, 0.4) is 0 Å². The van der Waals surface area contributed by atoms with Gasteiger partial charge in [-0.15, -0.1) is 5.10 Å². The van der Waals surface area contributed by atoms with Crippen LogP contribution in [0.25, 0.3) is 0 Å². The van der Waals surface area contributed by atoms with E-state index in [2.05, 4.69) is 10.3 Å². The van der Waals surface area contributed by atoms with Crippen LogP contribution in [0.15, 0.2) is 36.5 Å². The quantitative estimate of drug-likeness (QED) is 0.920. The van der Waals surface area contributed by atoms with E-state index in [0.29, 0.717) is 13.1 Å². The molecule has 0 radical (unpaired) electrons. The van der Waals surface area contributed by atoms with Gasteiger partial charge in [0.1, 0.15) is 6.61 Å². The molecule has 0 aliphatic carbocycles. The Hall–Kier alpha value is -2.90. The SMILES string of the molecule is O=C(O)c1cn(C2CCCN(C(=O)OCc3ccccc3)C2)nn1. The predicted octanol–water partition coefficient (Wildman–Crippen LogP) is 1.95. The number of hydrogen-bond donors (Lipinski definition) is 1. The summed E-state index contributed by atoms with van der Waals surface area (Å²) >= 11 is 0. The zero-order valence-electron chi connectivity index (χ0n) is 13.0. The fourth-order valence-corrected chi connectivity index (χ4v) is 2.70. The molecule has 1 atom stereocenters. The van der Waals surface area contributed by atoms with E-state index in [4.69, 9.17) is 9.84 Å². The highest BCUT2D eigenvalue weighted by atomic mass is 16.6. The summed E-state index contributed by atoms with van der Waals surface area (Å²) in [4.78, 5) is 24.7. The molecule has 1 aliphatic rings. The molecule has 0 bridgehead atoms. The van der Waals surface area contributed by atoms with Gasteiger partial charge in [-0.2, -0.15) is 0 Å². The van der Waals surface area contributed by atoms with Gasteiger partial charge in [-0.05, 0) is 18.4 Å². The number of carboxylic acids is 1. The predicted molar refractivity (Wildman–Crippen MR) is 83.5 cm³/mol. The average Bonchev–Trinajstić information content (AvgIpc) is 3.11. The summed E-state index contributed by atoms with van der Waals surface area (Å²) < 4.78 is 6.86. The van der Waals surface area contributed by atoms with Crippen molar-refractivity contribution in [1.82, 2.24) is 19.9 Å². The highest BCUT2D eigenvalue weighted by Gasteiger charge is 2.27. The van der Waals surface area contributed by atoms with E-state index in [9.17, 15) is 9.59 Å². The molecule has 1 fully saturated rings. The van der Waals surface area contributed by atoms with E-state index in [1.807, 2.05) is 30.3 Å². The second-order valence-corrected chi connectivity index (χ2v) is 5.67. The van der Waals surface area contributed by atoms with Gasteiger partial charge >= 0.3 is 12.1 Å². The minimum absolute atomic E-state index is 0.0939. The molecule has 8 nitrogen and oxygen atoms in total. The number of amides is 1. The summed E-state index contributed by atoms with van der Waals surface area (Å²) in [5, 5.41) is 16.4. The van der Waals surface area contributed by atoms with Gasteiger partial charge in [0, 0.05) is 13.1 Å². The lowest BCUT2D eigenvalue weighted by Gasteiger charge is -2.31. The third kappa shape index (κ3) is 3.70. The summed E-state index contributed by atoms with van der Waals surface area (Å²) in [6, 6.07) is 9.40. The number of piperidine rings is 1. The van der Waals surface area contributed by atoms with Crippen LogP contribution < -0.4 is 0 Å². The Morgan fingerprint density at radius 2 is 2.08 bits per heavy atom. The van der Waals surface area contributed by atoms with Crippen molar-refractivity contribution >= 4 is 12.1 Å². The first-order valence-electron chi connectivity index (χ1n) is 7.74. The molecule has 126 valence electrons. The molecule has 0 spiro atoms. The number of nitrogens with zero attached hydrogens (tertiary/aromatic N) is 4. The largest absolute Gasteiger partial charge is 0.476 e. The number of carbonyl (C=O) groups is 2. The number of carbonyl (C=O) groups excluding carboxylic acids is 1. The first kappa shape index (κ1) is 16.0. The van der Waals surface area contributed by atoms with Gasteiger partial charge in [0.2, 0.25) is 0 Å². The summed E-state index contributed by atoms with van der Waals surface area (Å²) in [5.41, 5.74) is 0.834. The van der Waals surface area contributed by atoms with Crippen molar-refractivity contribution in [1.29, 1.82) is 0 Å². The maximum absolute atomic E-state index is 12.2. The number of rotatable bonds is 4. The van der Waals surface area contributed by atoms with E-state index < -0.39 is 5.97 Å². The molecular weight excluding hydrogens is 312 g/mol. The maximum Gasteiger partial charge on any atom is 0.410 e. The van der Waals surface area contributed by atoms with E-state index in [0.717, 1.165) is 18.4 Å². The number of ether oxygens (including phenoxy) is 1. The molecule has 3 rings (SSSR count). The topological polar surface area (TPSA) is 97.5 Å². The Morgan fingerprint density at radius 1 is 1.29 bits per heavy atom. The number of aromatic nitrogens is 3. The van der Waals surface area contributed by atoms with Crippen molar-refractivity contribution in [2.24, 2.45) is 0 Å². The first-order valence-corrected chi connectivity index (χ1v) is 7.74. The van der Waals surface area contributed by atoms with E-state index in [1.165, 1.54) is 10.9 Å². The van der Waals surface area contributed by atoms with Gasteiger partial charge in [-0.25, -0.2) is 14.3 Å². The van der Waals surface area contributed by atoms with Crippen LogP contribution in [0.5, 0.6) is 0 Å². The molecule has 1 aromatic carbocycles. The van der Waals surface area contributed by atoms with Crippen molar-refractivity contribution in [3.8, 4) is 0 Å². The number of carboxylic acid groups (broad SMARTS) is 1. The zero-order valence-corrected chi connectivity index (χ0v) is 13.0. The minimum Gasteiger partial charge on any atom is -0.476 e. The fourth-order valence-electron chi connectivity index (χ4n) is 2.70. The highest BCUT2D eigenvalue weighted by molar-refractivity contribution is 5.84. The number of likely N-dealkylation sites (tertiary alicyclic amines) is 1. The fraction of sp³-hybridized carbons (Fsp3) is 0.375. The third-order valence-corrected chi connectivity index (χ3v) is 3.96. The van der Waals surface area contributed by atoms with E-state index >= 15 is 0 Å². The van der Waals surface area contributed by atoms with Crippen molar-refractivity contribution < 1.29 is 19.4 Å². The van der Waals surface area contributed by atoms with Crippen LogP contribution in [-0.2, 0) is 11.3 Å². The van der Waals surface area contributed by atoms with Crippen molar-refractivity contribution in [2.75, 3.05) is 13.1 Å². The smallest absolute Gasteiger partial charge is 0.410 e. The Bertz CT molecular complexity index is 716. The molecule has 8 heteroatoms. The van der Waals surface area contributed by atoms with Gasteiger partial charge in [-0.3, -0.25) is 0 Å². The lowest BCUT2D eigenvalue weighted by molar-refractivity contribution is 0.0688. The molecule has 1 amide bonds. The average molecular weight is 330 g/mol. The van der Waals surface area contributed by atoms with Gasteiger partial charge in [-0.1, -0.05) is 35.5 Å². The molecule has 2 aromatic rings. The molecule has 1 saturated heterocycles. The lowest BCUT2D eigenvalue weighted by Crippen LogP contribution is -2.41. The van der Waals surface area contributed by atoms with Crippen LogP contribution >= 0.6 is 0 Å². The third-order valence-electron chi connectivity index (χ3n) is 3.96. The Kier molecular flexibility index (Phi) is 4.74. The maximum atomic E-state index is 12.2. The zero-order chi connectivity index (χ0) is 16.9. The number of hydrogen-bond acceptors (Lipinski definition) is 5. The monoisotopic (exact) mass is 330 g/mol. The highest BCUT2D eigenvalue weighted by Crippen LogP contribution is 2.21. The first-order chi connectivity index (χ1) is 11.6. The van der Waals surface area contributed by atoms with Crippen molar-refractivity contribution in [2.45, 2.75) is 25.5 Å². The van der Waals surface area contributed by atoms with Crippen molar-refractivity contribution in [3.05, 3.63) is 47.8 Å². The van der Waals surface area contributed by atoms with E-state index in [1.54, 1.807) is 4.90 Å². The summed E-state index contributed by atoms with van der Waals surface area (Å²) in [6.07, 6.45) is 2.63. The summed E-state index contributed by atoms with van der Waals surface area (Å²) in [7, 11) is 0. The molecule has 2 heterocycles. The molecule has 1 aliphatic heterocycles. The lowest BCUT2D eigenvalue weighted by atomic mass is 10.1. The number of benzene rings is 1. The van der Waals surface area contributed by atoms with Crippen LogP contribution in [0.2, 0.25) is 0 Å². The summed E-state index contributed by atoms with van der Waals surface area (Å²) in [6.45, 7) is 1.27. The van der Waals surface area contributed by atoms with Gasteiger partial charge in [0.25, 0.3) is 0 Å². The van der Waals surface area contributed by atoms with Gasteiger partial charge in [0.05, 0.1) is 12.2 Å². The molecular formula is C16H18N4O4. The Balaban J connectivity index is 1.58. The van der Waals surface area contributed by atoms with Crippen LogP contribution in [-0.4, -0.2) is 50.2 Å². The second-order valence-electron chi connectivity index (χ2n) is 5.67. The van der Waals surface area contributed by atoms with Crippen LogP contribution in [0.1, 0.15) is 34.9 Å². The van der Waals surface area contributed by atoms with Gasteiger partial charge < -0.3 is 14.7 Å². The second kappa shape index (κ2) is 7.12. The Labute approximate surface area is 138 Å². The van der Waals surface area contributed by atoms with E-state index in [-0.39, 0.29) is 24.4 Å². The molecule has 1 N–H and O–H groups in total. The minimum atomic E-state index is -1.11. The molecule has 1 aromatic heterocycles.